The van der Waals surface area contributed by atoms with Crippen LogP contribution in [0.15, 0.2) is 42.5 Å². The lowest BCUT2D eigenvalue weighted by Gasteiger charge is -2.19. The molecule has 0 saturated carbocycles. The average Bonchev–Trinajstić information content (AvgIpc) is 2.72. The molecule has 28 heavy (non-hydrogen) atoms. The van der Waals surface area contributed by atoms with E-state index >= 15 is 0 Å². The highest BCUT2D eigenvalue weighted by atomic mass is 14.2. The molecule has 0 heterocycles. The molecule has 0 aliphatic carbocycles. The van der Waals surface area contributed by atoms with Crippen LogP contribution in [0.2, 0.25) is 0 Å². The molecule has 159 valence electrons. The van der Waals surface area contributed by atoms with Crippen LogP contribution in [-0.4, -0.2) is 0 Å². The Kier molecular flexibility index (Phi) is 16.1. The zero-order valence-corrected chi connectivity index (χ0v) is 19.1. The highest BCUT2D eigenvalue weighted by molar-refractivity contribution is 5.28. The van der Waals surface area contributed by atoms with E-state index in [4.69, 9.17) is 0 Å². The highest BCUT2D eigenvalue weighted by Gasteiger charge is 2.14. The first-order valence-electron chi connectivity index (χ1n) is 12.3. The Morgan fingerprint density at radius 1 is 0.607 bits per heavy atom. The molecule has 0 bridgehead atoms. The summed E-state index contributed by atoms with van der Waals surface area (Å²) < 4.78 is 0. The van der Waals surface area contributed by atoms with Crippen molar-refractivity contribution in [2.45, 2.75) is 123 Å². The molecule has 1 rings (SSSR count). The fourth-order valence-corrected chi connectivity index (χ4v) is 4.00. The summed E-state index contributed by atoms with van der Waals surface area (Å²) >= 11 is 0. The monoisotopic (exact) mass is 383 g/mol. The van der Waals surface area contributed by atoms with Gasteiger partial charge in [0, 0.05) is 5.92 Å². The van der Waals surface area contributed by atoms with Gasteiger partial charge < -0.3 is 0 Å². The van der Waals surface area contributed by atoms with Crippen LogP contribution in [0.5, 0.6) is 0 Å². The van der Waals surface area contributed by atoms with Gasteiger partial charge in [-0.05, 0) is 31.2 Å². The fraction of sp³-hybridized carbons (Fsp3) is 0.679. The van der Waals surface area contributed by atoms with E-state index in [0.29, 0.717) is 0 Å². The van der Waals surface area contributed by atoms with Gasteiger partial charge >= 0.3 is 0 Å². The van der Waals surface area contributed by atoms with Gasteiger partial charge in [0.1, 0.15) is 0 Å². The highest BCUT2D eigenvalue weighted by Crippen LogP contribution is 2.28. The zero-order valence-electron chi connectivity index (χ0n) is 19.1. The number of hydrogen-bond acceptors (Lipinski definition) is 0. The van der Waals surface area contributed by atoms with Gasteiger partial charge in [0.25, 0.3) is 0 Å². The van der Waals surface area contributed by atoms with Crippen molar-refractivity contribution in [2.24, 2.45) is 0 Å². The minimum absolute atomic E-state index is 1.10. The van der Waals surface area contributed by atoms with Crippen LogP contribution >= 0.6 is 0 Å². The molecule has 0 fully saturated rings. The minimum Gasteiger partial charge on any atom is -0.0993 e. The maximum absolute atomic E-state index is 4.50. The molecule has 0 unspecified atom stereocenters. The van der Waals surface area contributed by atoms with Gasteiger partial charge in [-0.3, -0.25) is 0 Å². The summed E-state index contributed by atoms with van der Waals surface area (Å²) in [5, 5.41) is 0. The van der Waals surface area contributed by atoms with Crippen molar-refractivity contribution < 1.29 is 0 Å². The average molecular weight is 384 g/mol. The Balaban J connectivity index is 2.32. The van der Waals surface area contributed by atoms with E-state index in [9.17, 15) is 0 Å². The van der Waals surface area contributed by atoms with Crippen molar-refractivity contribution in [3.63, 3.8) is 0 Å². The second-order valence-corrected chi connectivity index (χ2v) is 8.61. The van der Waals surface area contributed by atoms with E-state index in [1.54, 1.807) is 5.92 Å². The summed E-state index contributed by atoms with van der Waals surface area (Å²) in [4.78, 5) is 0. The van der Waals surface area contributed by atoms with E-state index in [1.165, 1.54) is 114 Å². The van der Waals surface area contributed by atoms with Crippen molar-refractivity contribution in [1.29, 1.82) is 0 Å². The summed E-state index contributed by atoms with van der Waals surface area (Å²) in [5.41, 5.74) is 2.88. The molecule has 0 aliphatic rings. The van der Waals surface area contributed by atoms with Gasteiger partial charge in [0.05, 0.1) is 0 Å². The first kappa shape index (κ1) is 25.0. The van der Waals surface area contributed by atoms with Gasteiger partial charge in [0.2, 0.25) is 0 Å². The molecule has 0 heteroatoms. The second kappa shape index (κ2) is 18.0. The molecule has 0 N–H and O–H groups in total. The summed E-state index contributed by atoms with van der Waals surface area (Å²) in [6.07, 6.45) is 22.9. The number of hydrogen-bond donors (Lipinski definition) is 0. The summed E-state index contributed by atoms with van der Waals surface area (Å²) in [7, 11) is 0. The van der Waals surface area contributed by atoms with Crippen LogP contribution in [0.4, 0.5) is 0 Å². The van der Waals surface area contributed by atoms with Gasteiger partial charge in [-0.15, -0.1) is 0 Å². The molecule has 0 spiro atoms. The van der Waals surface area contributed by atoms with Gasteiger partial charge in [-0.25, -0.2) is 0 Å². The predicted molar refractivity (Wildman–Crippen MR) is 128 cm³/mol. The molecule has 0 saturated heterocycles. The van der Waals surface area contributed by atoms with E-state index < -0.39 is 0 Å². The smallest absolute Gasteiger partial charge is 0.00462 e. The third-order valence-electron chi connectivity index (χ3n) is 5.92. The quantitative estimate of drug-likeness (QED) is 0.208. The molecule has 0 aromatic heterocycles. The molecule has 1 aromatic rings. The zero-order chi connectivity index (χ0) is 20.3. The van der Waals surface area contributed by atoms with Crippen molar-refractivity contribution >= 4 is 0 Å². The molecule has 0 amide bonds. The van der Waals surface area contributed by atoms with Crippen LogP contribution in [0, 0.1) is 5.92 Å². The normalized spacial score (nSPS) is 11.2. The van der Waals surface area contributed by atoms with Crippen LogP contribution in [0.25, 0.3) is 0 Å². The van der Waals surface area contributed by atoms with Crippen LogP contribution < -0.4 is 0 Å². The minimum atomic E-state index is 1.10. The van der Waals surface area contributed by atoms with Crippen molar-refractivity contribution in [3.8, 4) is 0 Å². The number of unbranched alkanes of at least 4 members (excludes halogenated alkanes) is 12. The lowest BCUT2D eigenvalue weighted by Crippen LogP contribution is -2.06. The van der Waals surface area contributed by atoms with Gasteiger partial charge in [-0.1, -0.05) is 140 Å². The number of allylic oxidation sites excluding steroid dienone is 1. The first-order valence-corrected chi connectivity index (χ1v) is 12.3. The van der Waals surface area contributed by atoms with Crippen molar-refractivity contribution in [2.75, 3.05) is 0 Å². The Bertz CT molecular complexity index is 458. The Morgan fingerprint density at radius 3 is 1.61 bits per heavy atom. The standard InChI is InChI=1S/C28H47/c1-4-6-8-10-12-13-15-20-24-28(25-27-22-18-16-19-23-27)26(3)21-17-14-11-9-7-5-2/h16,18-19,22-23H,3-15,17,20-21,24-25H2,1-2H3. The maximum atomic E-state index is 4.50. The summed E-state index contributed by atoms with van der Waals surface area (Å²) in [5.74, 6) is 1.62. The molecule has 0 nitrogen and oxygen atoms in total. The number of rotatable bonds is 19. The Hall–Kier alpha value is -1.04. The molecule has 0 aliphatic heterocycles. The van der Waals surface area contributed by atoms with Crippen molar-refractivity contribution in [1.82, 2.24) is 0 Å². The number of benzene rings is 1. The third kappa shape index (κ3) is 13.2. The third-order valence-corrected chi connectivity index (χ3v) is 5.92. The van der Waals surface area contributed by atoms with Crippen molar-refractivity contribution in [3.05, 3.63) is 54.0 Å². The molecular formula is C28H47. The topological polar surface area (TPSA) is 0 Å². The summed E-state index contributed by atoms with van der Waals surface area (Å²) in [6, 6.07) is 11.0. The largest absolute Gasteiger partial charge is 0.0993 e. The van der Waals surface area contributed by atoms with Crippen LogP contribution in [0.3, 0.4) is 0 Å². The maximum Gasteiger partial charge on any atom is 0.00462 e. The van der Waals surface area contributed by atoms with Gasteiger partial charge in [0.15, 0.2) is 0 Å². The molecule has 1 aromatic carbocycles. The predicted octanol–water partition coefficient (Wildman–Crippen LogP) is 9.64. The van der Waals surface area contributed by atoms with E-state index in [1.807, 2.05) is 0 Å². The molecule has 1 radical (unpaired) electrons. The van der Waals surface area contributed by atoms with Crippen LogP contribution in [0.1, 0.15) is 122 Å². The Morgan fingerprint density at radius 2 is 1.07 bits per heavy atom. The lowest BCUT2D eigenvalue weighted by molar-refractivity contribution is 0.562. The Labute approximate surface area is 177 Å². The summed E-state index contributed by atoms with van der Waals surface area (Å²) in [6.45, 7) is 9.08. The molecular weight excluding hydrogens is 336 g/mol. The van der Waals surface area contributed by atoms with Gasteiger partial charge in [-0.2, -0.15) is 0 Å². The molecule has 0 atom stereocenters. The van der Waals surface area contributed by atoms with E-state index in [2.05, 4.69) is 50.8 Å². The first-order chi connectivity index (χ1) is 13.8. The van der Waals surface area contributed by atoms with E-state index in [-0.39, 0.29) is 0 Å². The van der Waals surface area contributed by atoms with E-state index in [0.717, 1.165) is 6.42 Å². The SMILES string of the molecule is C=C(CCCCCCCC)[C](CCCCCCCCCC)Cc1ccccc1. The van der Waals surface area contributed by atoms with Crippen LogP contribution in [-0.2, 0) is 6.42 Å². The lowest BCUT2D eigenvalue weighted by atomic mass is 9.85. The fourth-order valence-electron chi connectivity index (χ4n) is 4.00. The second-order valence-electron chi connectivity index (χ2n) is 8.61.